The molecule has 35 heavy (non-hydrogen) atoms. The van der Waals surface area contributed by atoms with Crippen molar-refractivity contribution in [2.75, 3.05) is 0 Å². The van der Waals surface area contributed by atoms with E-state index in [1.807, 2.05) is 6.07 Å². The van der Waals surface area contributed by atoms with Gasteiger partial charge in [0, 0.05) is 5.56 Å². The number of amides is 2. The molecule has 5 rings (SSSR count). The van der Waals surface area contributed by atoms with Crippen molar-refractivity contribution in [3.05, 3.63) is 112 Å². The van der Waals surface area contributed by atoms with E-state index in [4.69, 9.17) is 0 Å². The largest absolute Gasteiger partial charge is 0.508 e. The highest BCUT2D eigenvalue weighted by molar-refractivity contribution is 6.20. The van der Waals surface area contributed by atoms with Gasteiger partial charge in [-0.25, -0.2) is 9.98 Å². The smallest absolute Gasteiger partial charge is 0.297 e. The van der Waals surface area contributed by atoms with Crippen molar-refractivity contribution < 1.29 is 14.7 Å². The van der Waals surface area contributed by atoms with Gasteiger partial charge in [0.15, 0.2) is 5.84 Å². The summed E-state index contributed by atoms with van der Waals surface area (Å²) in [5.74, 6) is -0.754. The zero-order valence-corrected chi connectivity index (χ0v) is 18.3. The summed E-state index contributed by atoms with van der Waals surface area (Å²) in [6.07, 6.45) is 2.73. The second kappa shape index (κ2) is 9.06. The average molecular weight is 465 g/mol. The summed E-state index contributed by atoms with van der Waals surface area (Å²) < 4.78 is 1.30. The number of carbonyl (C=O) groups excluding carboxylic acids is 2. The van der Waals surface area contributed by atoms with Gasteiger partial charge in [0.1, 0.15) is 18.0 Å². The van der Waals surface area contributed by atoms with Crippen molar-refractivity contribution in [1.82, 2.24) is 20.0 Å². The minimum absolute atomic E-state index is 0.103. The van der Waals surface area contributed by atoms with Crippen molar-refractivity contribution >= 4 is 34.8 Å². The number of aromatic nitrogens is 2. The topological polar surface area (TPSA) is 117 Å². The number of nitrogens with zero attached hydrogens (tertiary/aromatic N) is 4. The van der Waals surface area contributed by atoms with E-state index < -0.39 is 17.4 Å². The maximum Gasteiger partial charge on any atom is 0.297 e. The molecule has 0 saturated heterocycles. The molecule has 9 nitrogen and oxygen atoms in total. The third kappa shape index (κ3) is 4.42. The van der Waals surface area contributed by atoms with E-state index in [1.165, 1.54) is 16.7 Å². The molecule has 2 amide bonds. The number of hydrazine groups is 1. The number of amidine groups is 1. The fourth-order valence-corrected chi connectivity index (χ4v) is 3.71. The van der Waals surface area contributed by atoms with E-state index in [9.17, 15) is 19.5 Å². The van der Waals surface area contributed by atoms with Gasteiger partial charge in [-0.15, -0.1) is 0 Å². The van der Waals surface area contributed by atoms with Crippen molar-refractivity contribution in [2.24, 2.45) is 4.99 Å². The Morgan fingerprint density at radius 2 is 1.66 bits per heavy atom. The third-order valence-corrected chi connectivity index (χ3v) is 5.38. The van der Waals surface area contributed by atoms with Gasteiger partial charge >= 0.3 is 0 Å². The van der Waals surface area contributed by atoms with E-state index in [1.54, 1.807) is 66.7 Å². The van der Waals surface area contributed by atoms with Crippen LogP contribution in [-0.4, -0.2) is 37.3 Å². The molecule has 0 aliphatic carbocycles. The first kappa shape index (κ1) is 21.8. The van der Waals surface area contributed by atoms with Crippen LogP contribution >= 0.6 is 0 Å². The number of aliphatic imine (C=N–C) groups is 1. The number of aromatic hydroxyl groups is 1. The number of fused-ring (bicyclic) bond motifs is 1. The number of benzene rings is 3. The molecule has 2 N–H and O–H groups in total. The van der Waals surface area contributed by atoms with Crippen molar-refractivity contribution in [2.45, 2.75) is 6.54 Å². The zero-order valence-electron chi connectivity index (χ0n) is 18.3. The highest BCUT2D eigenvalue weighted by Crippen LogP contribution is 2.22. The molecule has 0 fully saturated rings. The quantitative estimate of drug-likeness (QED) is 0.439. The van der Waals surface area contributed by atoms with Crippen LogP contribution in [0, 0.1) is 0 Å². The van der Waals surface area contributed by atoms with E-state index in [-0.39, 0.29) is 23.8 Å². The number of carbonyl (C=O) groups is 2. The Kier molecular flexibility index (Phi) is 5.64. The lowest BCUT2D eigenvalue weighted by Gasteiger charge is -2.20. The Balaban J connectivity index is 1.46. The predicted octanol–water partition coefficient (Wildman–Crippen LogP) is 2.46. The van der Waals surface area contributed by atoms with Gasteiger partial charge in [0.2, 0.25) is 0 Å². The fourth-order valence-electron chi connectivity index (χ4n) is 3.71. The van der Waals surface area contributed by atoms with Gasteiger partial charge in [-0.05, 0) is 35.9 Å². The van der Waals surface area contributed by atoms with Crippen molar-refractivity contribution in [3.8, 4) is 5.75 Å². The van der Waals surface area contributed by atoms with E-state index in [2.05, 4.69) is 15.4 Å². The summed E-state index contributed by atoms with van der Waals surface area (Å²) in [5, 5.41) is 10.6. The summed E-state index contributed by atoms with van der Waals surface area (Å²) >= 11 is 0. The molecule has 1 aromatic heterocycles. The Hall–Kier alpha value is -5.05. The summed E-state index contributed by atoms with van der Waals surface area (Å²) in [5.41, 5.74) is 4.64. The standard InChI is InChI=1S/C26H19N5O4/c32-19-12-10-17(11-13-19)14-21-26(35)31(25(28-21)18-6-2-1-3-7-18)29-23(33)16-30-22-9-5-4-8-20(22)27-15-24(30)34/h1-15,32H,16H2,(H,29,33)/b21-14+. The summed E-state index contributed by atoms with van der Waals surface area (Å²) in [6, 6.07) is 22.3. The molecule has 0 bridgehead atoms. The van der Waals surface area contributed by atoms with Crippen LogP contribution in [0.4, 0.5) is 0 Å². The lowest BCUT2D eigenvalue weighted by atomic mass is 10.2. The number of nitrogens with one attached hydrogen (secondary N) is 1. The fraction of sp³-hybridized carbons (Fsp3) is 0.0385. The van der Waals surface area contributed by atoms with Gasteiger partial charge in [-0.2, -0.15) is 5.01 Å². The number of hydrogen-bond donors (Lipinski definition) is 2. The normalized spacial score (nSPS) is 14.4. The average Bonchev–Trinajstić information content (AvgIpc) is 3.17. The summed E-state index contributed by atoms with van der Waals surface area (Å²) in [7, 11) is 0. The molecule has 1 aliphatic heterocycles. The second-order valence-corrected chi connectivity index (χ2v) is 7.77. The first-order chi connectivity index (χ1) is 17.0. The van der Waals surface area contributed by atoms with Crippen LogP contribution in [0.2, 0.25) is 0 Å². The van der Waals surface area contributed by atoms with Crippen LogP contribution in [-0.2, 0) is 16.1 Å². The highest BCUT2D eigenvalue weighted by Gasteiger charge is 2.32. The van der Waals surface area contributed by atoms with Crippen LogP contribution < -0.4 is 11.0 Å². The molecule has 0 saturated carbocycles. The van der Waals surface area contributed by atoms with Crippen LogP contribution in [0.25, 0.3) is 17.1 Å². The van der Waals surface area contributed by atoms with Crippen molar-refractivity contribution in [1.29, 1.82) is 0 Å². The number of rotatable bonds is 5. The number of para-hydroxylation sites is 2. The molecule has 1 aliphatic rings. The third-order valence-electron chi connectivity index (χ3n) is 5.38. The minimum atomic E-state index is -0.577. The molecule has 3 aromatic carbocycles. The molecular weight excluding hydrogens is 446 g/mol. The van der Waals surface area contributed by atoms with Crippen LogP contribution in [0.15, 0.2) is 101 Å². The second-order valence-electron chi connectivity index (χ2n) is 7.77. The van der Waals surface area contributed by atoms with Crippen LogP contribution in [0.5, 0.6) is 5.75 Å². The summed E-state index contributed by atoms with van der Waals surface area (Å²) in [4.78, 5) is 47.2. The Bertz CT molecular complexity index is 1560. The molecule has 0 radical (unpaired) electrons. The van der Waals surface area contributed by atoms with Gasteiger partial charge in [-0.1, -0.05) is 54.6 Å². The van der Waals surface area contributed by atoms with Crippen molar-refractivity contribution in [3.63, 3.8) is 0 Å². The monoisotopic (exact) mass is 465 g/mol. The molecular formula is C26H19N5O4. The van der Waals surface area contributed by atoms with Crippen LogP contribution in [0.3, 0.4) is 0 Å². The number of phenols is 1. The molecule has 0 atom stereocenters. The molecule has 4 aromatic rings. The summed E-state index contributed by atoms with van der Waals surface area (Å²) in [6.45, 7) is -0.315. The molecule has 0 spiro atoms. The highest BCUT2D eigenvalue weighted by atomic mass is 16.3. The Labute approximate surface area is 199 Å². The minimum Gasteiger partial charge on any atom is -0.508 e. The maximum atomic E-state index is 13.2. The Morgan fingerprint density at radius 3 is 2.43 bits per heavy atom. The van der Waals surface area contributed by atoms with E-state index in [0.29, 0.717) is 22.2 Å². The SMILES string of the molecule is O=C(Cn1c(=O)cnc2ccccc21)NN1C(=O)/C(=C\c2ccc(O)cc2)N=C1c1ccccc1. The van der Waals surface area contributed by atoms with Gasteiger partial charge in [0.05, 0.1) is 17.2 Å². The lowest BCUT2D eigenvalue weighted by molar-refractivity contribution is -0.133. The Morgan fingerprint density at radius 1 is 0.943 bits per heavy atom. The molecule has 0 unspecified atom stereocenters. The predicted molar refractivity (Wildman–Crippen MR) is 130 cm³/mol. The zero-order chi connectivity index (χ0) is 24.4. The first-order valence-electron chi connectivity index (χ1n) is 10.7. The number of phenolic OH excluding ortho intramolecular Hbond substituents is 1. The van der Waals surface area contributed by atoms with Crippen LogP contribution in [0.1, 0.15) is 11.1 Å². The molecule has 172 valence electrons. The number of hydrogen-bond acceptors (Lipinski definition) is 6. The van der Waals surface area contributed by atoms with Gasteiger partial charge in [0.25, 0.3) is 17.4 Å². The van der Waals surface area contributed by atoms with Gasteiger partial charge < -0.3 is 5.11 Å². The van der Waals surface area contributed by atoms with Gasteiger partial charge in [-0.3, -0.25) is 24.4 Å². The lowest BCUT2D eigenvalue weighted by Crippen LogP contribution is -2.49. The van der Waals surface area contributed by atoms with E-state index in [0.717, 1.165) is 11.2 Å². The first-order valence-corrected chi connectivity index (χ1v) is 10.7. The molecule has 2 heterocycles. The molecule has 9 heteroatoms. The maximum absolute atomic E-state index is 13.2. The van der Waals surface area contributed by atoms with E-state index >= 15 is 0 Å².